The first-order chi connectivity index (χ1) is 29.7. The number of aromatic hydroxyl groups is 3. The molecular formula is C50H70O12. The lowest BCUT2D eigenvalue weighted by Gasteiger charge is -2.17. The fourth-order valence-corrected chi connectivity index (χ4v) is 9.87. The molecule has 62 heavy (non-hydrogen) atoms. The first-order valence-electron chi connectivity index (χ1n) is 23.6. The maximum absolute atomic E-state index is 12.7. The number of carboxylic acids is 4. The smallest absolute Gasteiger partial charge is 0.313 e. The lowest BCUT2D eigenvalue weighted by molar-refractivity contribution is -0.145. The largest absolute Gasteiger partial charge is 0.504 e. The summed E-state index contributed by atoms with van der Waals surface area (Å²) in [7, 11) is 0. The number of hydrogen-bond donors (Lipinski definition) is 7. The monoisotopic (exact) mass is 862 g/mol. The van der Waals surface area contributed by atoms with E-state index in [-0.39, 0.29) is 23.0 Å². The zero-order chi connectivity index (χ0) is 44.5. The van der Waals surface area contributed by atoms with E-state index in [4.69, 9.17) is 4.74 Å². The van der Waals surface area contributed by atoms with Gasteiger partial charge in [-0.15, -0.1) is 0 Å². The van der Waals surface area contributed by atoms with Crippen molar-refractivity contribution in [2.45, 2.75) is 192 Å². The van der Waals surface area contributed by atoms with Gasteiger partial charge in [-0.3, -0.25) is 19.2 Å². The van der Waals surface area contributed by atoms with Crippen LogP contribution >= 0.6 is 0 Å². The third-order valence-electron chi connectivity index (χ3n) is 15.1. The second kappa shape index (κ2) is 20.4. The molecule has 2 atom stereocenters. The quantitative estimate of drug-likeness (QED) is 0.0270. The predicted octanol–water partition coefficient (Wildman–Crippen LogP) is 10.5. The van der Waals surface area contributed by atoms with E-state index in [9.17, 15) is 54.9 Å². The minimum Gasteiger partial charge on any atom is -0.504 e. The summed E-state index contributed by atoms with van der Waals surface area (Å²) in [6, 6.07) is 6.98. The summed E-state index contributed by atoms with van der Waals surface area (Å²) < 4.78 is 6.29. The van der Waals surface area contributed by atoms with Crippen molar-refractivity contribution < 1.29 is 59.7 Å². The normalized spacial score (nSPS) is 20.9. The summed E-state index contributed by atoms with van der Waals surface area (Å²) in [6.45, 7) is 0. The third-order valence-corrected chi connectivity index (χ3v) is 15.1. The van der Waals surface area contributed by atoms with Gasteiger partial charge in [0.2, 0.25) is 0 Å². The van der Waals surface area contributed by atoms with Gasteiger partial charge < -0.3 is 40.5 Å². The zero-order valence-electron chi connectivity index (χ0n) is 36.6. The summed E-state index contributed by atoms with van der Waals surface area (Å²) in [5.41, 5.74) is 1.18. The average molecular weight is 863 g/mol. The van der Waals surface area contributed by atoms with Crippen LogP contribution in [0.15, 0.2) is 24.3 Å². The average Bonchev–Trinajstić information content (AvgIpc) is 4.02. The van der Waals surface area contributed by atoms with Crippen molar-refractivity contribution in [3.63, 3.8) is 0 Å². The Morgan fingerprint density at radius 1 is 0.484 bits per heavy atom. The Labute approximate surface area is 366 Å². The molecule has 2 aromatic rings. The predicted molar refractivity (Wildman–Crippen MR) is 233 cm³/mol. The molecule has 0 bridgehead atoms. The minimum absolute atomic E-state index is 0.0149. The molecule has 12 heteroatoms. The van der Waals surface area contributed by atoms with Gasteiger partial charge in [0.05, 0.1) is 16.2 Å². The molecule has 0 amide bonds. The number of phenols is 3. The molecule has 12 nitrogen and oxygen atoms in total. The minimum atomic E-state index is -1.04. The molecule has 342 valence electrons. The van der Waals surface area contributed by atoms with Crippen LogP contribution in [-0.4, -0.2) is 65.7 Å². The highest BCUT2D eigenvalue weighted by atomic mass is 16.5. The van der Waals surface area contributed by atoms with Crippen molar-refractivity contribution in [3.05, 3.63) is 46.5 Å². The number of aryl methyl sites for hydroxylation is 3. The van der Waals surface area contributed by atoms with Crippen LogP contribution in [0.4, 0.5) is 0 Å². The molecule has 7 N–H and O–H groups in total. The molecule has 0 radical (unpaired) electrons. The van der Waals surface area contributed by atoms with Crippen LogP contribution < -0.4 is 4.74 Å². The van der Waals surface area contributed by atoms with Crippen molar-refractivity contribution in [1.82, 2.24) is 0 Å². The highest BCUT2D eigenvalue weighted by Gasteiger charge is 2.62. The van der Waals surface area contributed by atoms with Crippen LogP contribution in [0.3, 0.4) is 0 Å². The number of carbonyl (C=O) groups is 4. The van der Waals surface area contributed by atoms with Crippen LogP contribution in [-0.2, 0) is 44.9 Å². The Hall–Kier alpha value is -4.48. The zero-order valence-corrected chi connectivity index (χ0v) is 36.6. The molecule has 6 rings (SSSR count). The molecule has 2 unspecified atom stereocenters. The maximum atomic E-state index is 12.7. The molecule has 4 saturated carbocycles. The van der Waals surface area contributed by atoms with E-state index >= 15 is 0 Å². The Morgan fingerprint density at radius 3 is 1.37 bits per heavy atom. The standard InChI is InChI=1S/C50H70O12/c51-38-20-19-34(37(42(38)53)18-10-2-4-12-22-48(27-28-48)44(56)57)15-8-6-14-24-50(46(60)61)33-41(50)62-40-32-36(17-7-1-3-11-21-47(25-26-47)43(54)55)35(31-39(40)52)16-9-5-13-23-49(29-30-49)45(58)59/h19-20,31-32,41,51-53H,1-18,21-30,33H2,(H,54,55)(H,56,57)(H,58,59)(H,60,61). The van der Waals surface area contributed by atoms with Gasteiger partial charge in [-0.1, -0.05) is 70.3 Å². The Kier molecular flexibility index (Phi) is 15.4. The topological polar surface area (TPSA) is 219 Å². The van der Waals surface area contributed by atoms with Crippen molar-refractivity contribution in [2.24, 2.45) is 21.7 Å². The fourth-order valence-electron chi connectivity index (χ4n) is 9.87. The van der Waals surface area contributed by atoms with Crippen molar-refractivity contribution in [1.29, 1.82) is 0 Å². The lowest BCUT2D eigenvalue weighted by atomic mass is 9.93. The van der Waals surface area contributed by atoms with E-state index in [1.807, 2.05) is 12.1 Å². The van der Waals surface area contributed by atoms with Crippen LogP contribution in [0.1, 0.15) is 183 Å². The summed E-state index contributed by atoms with van der Waals surface area (Å²) >= 11 is 0. The van der Waals surface area contributed by atoms with E-state index in [2.05, 4.69) is 0 Å². The van der Waals surface area contributed by atoms with E-state index in [1.54, 1.807) is 6.07 Å². The van der Waals surface area contributed by atoms with Gasteiger partial charge in [-0.25, -0.2) is 0 Å². The van der Waals surface area contributed by atoms with Gasteiger partial charge in [0.15, 0.2) is 23.0 Å². The van der Waals surface area contributed by atoms with Gasteiger partial charge >= 0.3 is 23.9 Å². The number of ether oxygens (including phenoxy) is 1. The first kappa shape index (κ1) is 47.0. The molecule has 0 heterocycles. The molecule has 0 spiro atoms. The van der Waals surface area contributed by atoms with Crippen molar-refractivity contribution >= 4 is 23.9 Å². The van der Waals surface area contributed by atoms with Crippen LogP contribution in [0.2, 0.25) is 0 Å². The number of rotatable bonds is 32. The van der Waals surface area contributed by atoms with Gasteiger partial charge in [0.25, 0.3) is 0 Å². The Morgan fingerprint density at radius 2 is 0.903 bits per heavy atom. The molecule has 4 fully saturated rings. The van der Waals surface area contributed by atoms with Crippen LogP contribution in [0.25, 0.3) is 0 Å². The molecular weight excluding hydrogens is 793 g/mol. The summed E-state index contributed by atoms with van der Waals surface area (Å²) in [6.07, 6.45) is 21.6. The molecule has 2 aromatic carbocycles. The number of aliphatic carboxylic acids is 4. The number of carboxylic acid groups (broad SMARTS) is 4. The highest BCUT2D eigenvalue weighted by molar-refractivity contribution is 5.80. The third kappa shape index (κ3) is 11.7. The second-order valence-corrected chi connectivity index (χ2v) is 19.6. The molecule has 0 aromatic heterocycles. The van der Waals surface area contributed by atoms with Crippen LogP contribution in [0, 0.1) is 21.7 Å². The number of unbranched alkanes of at least 4 members (excludes halogenated alkanes) is 10. The highest BCUT2D eigenvalue weighted by Crippen LogP contribution is 2.54. The number of benzene rings is 2. The van der Waals surface area contributed by atoms with Gasteiger partial charge in [-0.2, -0.15) is 0 Å². The molecule has 4 aliphatic carbocycles. The summed E-state index contributed by atoms with van der Waals surface area (Å²) in [5, 5.41) is 70.9. The molecule has 4 aliphatic rings. The fraction of sp³-hybridized carbons (Fsp3) is 0.680. The first-order valence-corrected chi connectivity index (χ1v) is 23.6. The van der Waals surface area contributed by atoms with E-state index in [1.165, 1.54) is 6.07 Å². The SMILES string of the molecule is O=C(O)C1(CCCCCCc2cc(OC3CC3(CCCCCc3ccc(O)c(O)c3CCCCCCC3(C(=O)O)CC3)C(=O)O)c(O)cc2CCCCCC2(C(=O)O)CC2)CC1. The maximum Gasteiger partial charge on any atom is 0.313 e. The van der Waals surface area contributed by atoms with Gasteiger partial charge in [0, 0.05) is 12.0 Å². The lowest BCUT2D eigenvalue weighted by Crippen LogP contribution is -2.22. The van der Waals surface area contributed by atoms with E-state index in [0.717, 1.165) is 157 Å². The summed E-state index contributed by atoms with van der Waals surface area (Å²) in [4.78, 5) is 47.3. The number of hydrogen-bond acceptors (Lipinski definition) is 8. The van der Waals surface area contributed by atoms with Gasteiger partial charge in [0.1, 0.15) is 11.5 Å². The van der Waals surface area contributed by atoms with Crippen molar-refractivity contribution in [3.8, 4) is 23.0 Å². The Balaban J connectivity index is 0.977. The molecule has 0 aliphatic heterocycles. The number of phenolic OH excluding ortho intramolecular Hbond substituents is 3. The van der Waals surface area contributed by atoms with E-state index in [0.29, 0.717) is 51.4 Å². The second-order valence-electron chi connectivity index (χ2n) is 19.6. The van der Waals surface area contributed by atoms with Crippen LogP contribution in [0.5, 0.6) is 23.0 Å². The molecule has 0 saturated heterocycles. The summed E-state index contributed by atoms with van der Waals surface area (Å²) in [5.74, 6) is -2.95. The van der Waals surface area contributed by atoms with E-state index < -0.39 is 51.6 Å². The van der Waals surface area contributed by atoms with Gasteiger partial charge in [-0.05, 0) is 150 Å². The Bertz CT molecular complexity index is 1910. The van der Waals surface area contributed by atoms with Crippen molar-refractivity contribution in [2.75, 3.05) is 0 Å².